The van der Waals surface area contributed by atoms with Crippen molar-refractivity contribution in [2.24, 2.45) is 7.05 Å². The largest absolute Gasteiger partial charge is 0.354 e. The van der Waals surface area contributed by atoms with E-state index >= 15 is 0 Å². The van der Waals surface area contributed by atoms with E-state index in [4.69, 9.17) is 11.6 Å². The van der Waals surface area contributed by atoms with Crippen molar-refractivity contribution in [3.05, 3.63) is 52.8 Å². The molecule has 1 atom stereocenters. The quantitative estimate of drug-likeness (QED) is 0.821. The molecule has 132 valence electrons. The van der Waals surface area contributed by atoms with Crippen LogP contribution in [-0.4, -0.2) is 29.3 Å². The Morgan fingerprint density at radius 1 is 1.42 bits per heavy atom. The minimum atomic E-state index is -0.418. The monoisotopic (exact) mass is 370 g/mol. The Morgan fingerprint density at radius 3 is 2.67 bits per heavy atom. The number of benzene rings is 1. The van der Waals surface area contributed by atoms with Gasteiger partial charge in [0.1, 0.15) is 6.04 Å². The van der Waals surface area contributed by atoms with Crippen LogP contribution in [0.15, 0.2) is 36.7 Å². The normalized spacial score (nSPS) is 12.4. The van der Waals surface area contributed by atoms with Crippen molar-refractivity contribution in [1.29, 1.82) is 0 Å². The van der Waals surface area contributed by atoms with Gasteiger partial charge in [-0.3, -0.25) is 9.48 Å². The first-order valence-electron chi connectivity index (χ1n) is 7.53. The third-order valence-electron chi connectivity index (χ3n) is 3.92. The summed E-state index contributed by atoms with van der Waals surface area (Å²) in [5, 5.41) is 10.9. The van der Waals surface area contributed by atoms with Crippen molar-refractivity contribution in [2.45, 2.75) is 25.3 Å². The molecule has 2 N–H and O–H groups in total. The highest BCUT2D eigenvalue weighted by atomic mass is 35.5. The predicted octanol–water partition coefficient (Wildman–Crippen LogP) is 2.85. The molecule has 0 radical (unpaired) electrons. The minimum Gasteiger partial charge on any atom is -0.354 e. The Labute approximate surface area is 154 Å². The molecular weight excluding hydrogens is 347 g/mol. The van der Waals surface area contributed by atoms with Crippen LogP contribution < -0.4 is 10.6 Å². The number of amides is 1. The van der Waals surface area contributed by atoms with E-state index in [1.807, 2.05) is 37.5 Å². The van der Waals surface area contributed by atoms with Crippen LogP contribution in [0, 0.1) is 0 Å². The Kier molecular flexibility index (Phi) is 7.27. The summed E-state index contributed by atoms with van der Waals surface area (Å²) in [5.74, 6) is -0.0735. The molecule has 1 aromatic carbocycles. The summed E-state index contributed by atoms with van der Waals surface area (Å²) in [4.78, 5) is 12.5. The number of rotatable bonds is 6. The summed E-state index contributed by atoms with van der Waals surface area (Å²) >= 11 is 6.06. The molecule has 7 heteroatoms. The van der Waals surface area contributed by atoms with Crippen LogP contribution in [0.4, 0.5) is 0 Å². The number of aryl methyl sites for hydroxylation is 1. The van der Waals surface area contributed by atoms with Gasteiger partial charge in [-0.2, -0.15) is 5.10 Å². The van der Waals surface area contributed by atoms with E-state index in [1.165, 1.54) is 0 Å². The number of aromatic nitrogens is 2. The van der Waals surface area contributed by atoms with Crippen LogP contribution in [-0.2, 0) is 17.3 Å². The van der Waals surface area contributed by atoms with Crippen molar-refractivity contribution in [3.8, 4) is 0 Å². The average molecular weight is 371 g/mol. The van der Waals surface area contributed by atoms with E-state index in [2.05, 4.69) is 29.6 Å². The van der Waals surface area contributed by atoms with E-state index < -0.39 is 6.04 Å². The molecule has 0 aliphatic carbocycles. The standard InChI is InChI=1S/C17H23ClN4O.ClH/c1-17(2,13-6-5-7-14(18)8-13)11-20-16(23)15(19-3)12-9-21-22(4)10-12;/h5-10,15,19H,11H2,1-4H3,(H,20,23);1H. The second-order valence-electron chi connectivity index (χ2n) is 6.28. The number of likely N-dealkylation sites (N-methyl/N-ethyl adjacent to an activating group) is 1. The zero-order valence-corrected chi connectivity index (χ0v) is 15.9. The molecule has 2 rings (SSSR count). The molecular formula is C17H24Cl2N4O. The second-order valence-corrected chi connectivity index (χ2v) is 6.72. The van der Waals surface area contributed by atoms with E-state index in [1.54, 1.807) is 17.9 Å². The molecule has 1 unspecified atom stereocenters. The van der Waals surface area contributed by atoms with Gasteiger partial charge in [0.05, 0.1) is 6.20 Å². The van der Waals surface area contributed by atoms with Crippen LogP contribution in [0.1, 0.15) is 31.0 Å². The number of carbonyl (C=O) groups is 1. The maximum Gasteiger partial charge on any atom is 0.241 e. The first-order chi connectivity index (χ1) is 10.8. The summed E-state index contributed by atoms with van der Waals surface area (Å²) < 4.78 is 1.68. The fourth-order valence-electron chi connectivity index (χ4n) is 2.46. The van der Waals surface area contributed by atoms with E-state index in [0.717, 1.165) is 11.1 Å². The summed E-state index contributed by atoms with van der Waals surface area (Å²) in [5.41, 5.74) is 1.72. The van der Waals surface area contributed by atoms with Gasteiger partial charge < -0.3 is 10.6 Å². The van der Waals surface area contributed by atoms with Crippen molar-refractivity contribution in [1.82, 2.24) is 20.4 Å². The van der Waals surface area contributed by atoms with E-state index in [-0.39, 0.29) is 23.7 Å². The molecule has 0 fully saturated rings. The number of nitrogens with zero attached hydrogens (tertiary/aromatic N) is 2. The molecule has 1 amide bonds. The molecule has 0 spiro atoms. The molecule has 0 saturated heterocycles. The number of carbonyl (C=O) groups excluding carboxylic acids is 1. The van der Waals surface area contributed by atoms with Crippen LogP contribution in [0.5, 0.6) is 0 Å². The van der Waals surface area contributed by atoms with Gasteiger partial charge in [-0.05, 0) is 24.7 Å². The number of hydrogen-bond donors (Lipinski definition) is 2. The average Bonchev–Trinajstić information content (AvgIpc) is 2.92. The Hall–Kier alpha value is -1.56. The highest BCUT2D eigenvalue weighted by Crippen LogP contribution is 2.25. The Balaban J connectivity index is 0.00000288. The summed E-state index contributed by atoms with van der Waals surface area (Å²) in [7, 11) is 3.59. The van der Waals surface area contributed by atoms with Gasteiger partial charge in [-0.1, -0.05) is 37.6 Å². The van der Waals surface area contributed by atoms with Gasteiger partial charge in [0.2, 0.25) is 5.91 Å². The Bertz CT molecular complexity index is 685. The fourth-order valence-corrected chi connectivity index (χ4v) is 2.65. The maximum atomic E-state index is 12.5. The van der Waals surface area contributed by atoms with Gasteiger partial charge in [-0.25, -0.2) is 0 Å². The smallest absolute Gasteiger partial charge is 0.241 e. The molecule has 1 aromatic heterocycles. The van der Waals surface area contributed by atoms with E-state index in [0.29, 0.717) is 11.6 Å². The lowest BCUT2D eigenvalue weighted by Crippen LogP contribution is -2.42. The first kappa shape index (κ1) is 20.5. The third-order valence-corrected chi connectivity index (χ3v) is 4.15. The van der Waals surface area contributed by atoms with Gasteiger partial charge >= 0.3 is 0 Å². The highest BCUT2D eigenvalue weighted by molar-refractivity contribution is 6.30. The summed E-state index contributed by atoms with van der Waals surface area (Å²) in [6, 6.07) is 7.31. The predicted molar refractivity (Wildman–Crippen MR) is 99.7 cm³/mol. The van der Waals surface area contributed by atoms with Gasteiger partial charge in [0, 0.05) is 35.8 Å². The fraction of sp³-hybridized carbons (Fsp3) is 0.412. The zero-order chi connectivity index (χ0) is 17.0. The third kappa shape index (κ3) is 4.97. The van der Waals surface area contributed by atoms with Gasteiger partial charge in [0.15, 0.2) is 0 Å². The Morgan fingerprint density at radius 2 is 2.12 bits per heavy atom. The molecule has 0 aliphatic heterocycles. The molecule has 5 nitrogen and oxygen atoms in total. The number of hydrogen-bond acceptors (Lipinski definition) is 3. The lowest BCUT2D eigenvalue weighted by Gasteiger charge is -2.27. The number of halogens is 2. The van der Waals surface area contributed by atoms with Crippen molar-refractivity contribution >= 4 is 29.9 Å². The summed E-state index contributed by atoms with van der Waals surface area (Å²) in [6.07, 6.45) is 3.53. The topological polar surface area (TPSA) is 59.0 Å². The molecule has 24 heavy (non-hydrogen) atoms. The second kappa shape index (κ2) is 8.51. The lowest BCUT2D eigenvalue weighted by atomic mass is 9.84. The summed E-state index contributed by atoms with van der Waals surface area (Å²) in [6.45, 7) is 4.68. The van der Waals surface area contributed by atoms with Crippen molar-refractivity contribution in [2.75, 3.05) is 13.6 Å². The van der Waals surface area contributed by atoms with Crippen LogP contribution in [0.2, 0.25) is 5.02 Å². The molecule has 0 aliphatic rings. The van der Waals surface area contributed by atoms with Crippen LogP contribution in [0.3, 0.4) is 0 Å². The SMILES string of the molecule is CNC(C(=O)NCC(C)(C)c1cccc(Cl)c1)c1cnn(C)c1.Cl. The lowest BCUT2D eigenvalue weighted by molar-refractivity contribution is -0.123. The van der Waals surface area contributed by atoms with Crippen molar-refractivity contribution < 1.29 is 4.79 Å². The zero-order valence-electron chi connectivity index (χ0n) is 14.3. The van der Waals surface area contributed by atoms with Crippen LogP contribution in [0.25, 0.3) is 0 Å². The molecule has 1 heterocycles. The minimum absolute atomic E-state index is 0. The molecule has 0 saturated carbocycles. The van der Waals surface area contributed by atoms with Crippen LogP contribution >= 0.6 is 24.0 Å². The van der Waals surface area contributed by atoms with Gasteiger partial charge in [0.25, 0.3) is 0 Å². The highest BCUT2D eigenvalue weighted by Gasteiger charge is 2.25. The van der Waals surface area contributed by atoms with E-state index in [9.17, 15) is 4.79 Å². The molecule has 2 aromatic rings. The maximum absolute atomic E-state index is 12.5. The number of nitrogens with one attached hydrogen (secondary N) is 2. The van der Waals surface area contributed by atoms with Crippen molar-refractivity contribution in [3.63, 3.8) is 0 Å². The molecule has 0 bridgehead atoms. The first-order valence-corrected chi connectivity index (χ1v) is 7.91. The van der Waals surface area contributed by atoms with Gasteiger partial charge in [-0.15, -0.1) is 12.4 Å².